The molecule has 9 heteroatoms. The summed E-state index contributed by atoms with van der Waals surface area (Å²) < 4.78 is 11.2. The van der Waals surface area contributed by atoms with Crippen LogP contribution >= 0.6 is 0 Å². The lowest BCUT2D eigenvalue weighted by molar-refractivity contribution is -0.302. The van der Waals surface area contributed by atoms with Gasteiger partial charge >= 0.3 is 0 Å². The summed E-state index contributed by atoms with van der Waals surface area (Å²) in [6.07, 6.45) is 46.1. The molecule has 61 heavy (non-hydrogen) atoms. The maximum absolute atomic E-state index is 13.0. The molecular formula is C52H97NO8. The van der Waals surface area contributed by atoms with E-state index in [0.29, 0.717) is 6.42 Å². The minimum Gasteiger partial charge on any atom is -0.394 e. The van der Waals surface area contributed by atoms with Crippen LogP contribution in [0.4, 0.5) is 0 Å². The Bertz CT molecular complexity index is 1050. The molecule has 7 atom stereocenters. The molecule has 9 nitrogen and oxygen atoms in total. The summed E-state index contributed by atoms with van der Waals surface area (Å²) in [6.45, 7) is 3.76. The second kappa shape index (κ2) is 42.4. The summed E-state index contributed by atoms with van der Waals surface area (Å²) in [4.78, 5) is 13.0. The van der Waals surface area contributed by atoms with Gasteiger partial charge in [-0.05, 0) is 51.4 Å². The molecule has 1 rings (SSSR count). The predicted octanol–water partition coefficient (Wildman–Crippen LogP) is 11.6. The van der Waals surface area contributed by atoms with Crippen molar-refractivity contribution in [1.29, 1.82) is 0 Å². The molecule has 0 saturated carbocycles. The first-order chi connectivity index (χ1) is 29.8. The van der Waals surface area contributed by atoms with Gasteiger partial charge in [-0.15, -0.1) is 0 Å². The summed E-state index contributed by atoms with van der Waals surface area (Å²) in [5.74, 6) is -0.180. The Morgan fingerprint density at radius 1 is 0.557 bits per heavy atom. The highest BCUT2D eigenvalue weighted by Crippen LogP contribution is 2.23. The van der Waals surface area contributed by atoms with Gasteiger partial charge in [-0.2, -0.15) is 0 Å². The zero-order chi connectivity index (χ0) is 44.4. The molecule has 0 aromatic rings. The second-order valence-corrected chi connectivity index (χ2v) is 18.0. The quantitative estimate of drug-likeness (QED) is 0.0262. The zero-order valence-electron chi connectivity index (χ0n) is 39.4. The van der Waals surface area contributed by atoms with E-state index in [4.69, 9.17) is 9.47 Å². The van der Waals surface area contributed by atoms with Crippen LogP contribution < -0.4 is 5.32 Å². The number of ether oxygens (including phenoxy) is 2. The SMILES string of the molecule is CCCCC/C=C\C/C=C\CCCCCCCCCCCC(=O)NC(COC1OC(CO)C(O)C(O)C1O)C(O)/C=C/CCCCCCCCCCCCCCCCCCC. The molecule has 1 saturated heterocycles. The Labute approximate surface area is 374 Å². The Balaban J connectivity index is 2.30. The molecule has 1 heterocycles. The average molecular weight is 864 g/mol. The number of allylic oxidation sites excluding steroid dienone is 5. The van der Waals surface area contributed by atoms with Gasteiger partial charge in [0.15, 0.2) is 6.29 Å². The number of carbonyl (C=O) groups excluding carboxylic acids is 1. The van der Waals surface area contributed by atoms with Gasteiger partial charge < -0.3 is 40.3 Å². The van der Waals surface area contributed by atoms with E-state index in [-0.39, 0.29) is 12.5 Å². The first kappa shape index (κ1) is 57.4. The number of unbranched alkanes of at least 4 members (excludes halogenated alkanes) is 29. The average Bonchev–Trinajstić information content (AvgIpc) is 3.26. The number of aliphatic hydroxyl groups excluding tert-OH is 5. The molecule has 1 aliphatic rings. The predicted molar refractivity (Wildman–Crippen MR) is 253 cm³/mol. The molecule has 7 unspecified atom stereocenters. The van der Waals surface area contributed by atoms with Crippen molar-refractivity contribution in [3.63, 3.8) is 0 Å². The Hall–Kier alpha value is -1.59. The van der Waals surface area contributed by atoms with Crippen molar-refractivity contribution >= 4 is 5.91 Å². The number of aliphatic hydroxyl groups is 5. The van der Waals surface area contributed by atoms with Crippen molar-refractivity contribution in [3.8, 4) is 0 Å². The molecule has 358 valence electrons. The second-order valence-electron chi connectivity index (χ2n) is 18.0. The highest BCUT2D eigenvalue weighted by Gasteiger charge is 2.44. The van der Waals surface area contributed by atoms with E-state index in [1.54, 1.807) is 6.08 Å². The van der Waals surface area contributed by atoms with Gasteiger partial charge in [0.1, 0.15) is 24.4 Å². The molecule has 1 amide bonds. The first-order valence-electron chi connectivity index (χ1n) is 25.7. The summed E-state index contributed by atoms with van der Waals surface area (Å²) in [5, 5.41) is 54.4. The fourth-order valence-corrected chi connectivity index (χ4v) is 8.07. The molecule has 0 radical (unpaired) electrons. The third-order valence-electron chi connectivity index (χ3n) is 12.2. The summed E-state index contributed by atoms with van der Waals surface area (Å²) in [7, 11) is 0. The molecule has 1 aliphatic heterocycles. The number of amides is 1. The third-order valence-corrected chi connectivity index (χ3v) is 12.2. The van der Waals surface area contributed by atoms with Crippen molar-refractivity contribution in [2.45, 2.75) is 275 Å². The Morgan fingerprint density at radius 2 is 0.967 bits per heavy atom. The van der Waals surface area contributed by atoms with Crippen LogP contribution in [0.25, 0.3) is 0 Å². The normalized spacial score (nSPS) is 20.7. The molecular weight excluding hydrogens is 767 g/mol. The van der Waals surface area contributed by atoms with Gasteiger partial charge in [-0.3, -0.25) is 4.79 Å². The van der Waals surface area contributed by atoms with Gasteiger partial charge in [-0.1, -0.05) is 211 Å². The van der Waals surface area contributed by atoms with Crippen molar-refractivity contribution in [1.82, 2.24) is 5.32 Å². The minimum atomic E-state index is -1.57. The molecule has 0 aromatic heterocycles. The molecule has 0 spiro atoms. The van der Waals surface area contributed by atoms with Crippen LogP contribution in [0.15, 0.2) is 36.5 Å². The van der Waals surface area contributed by atoms with Gasteiger partial charge in [0.25, 0.3) is 0 Å². The Morgan fingerprint density at radius 3 is 1.44 bits per heavy atom. The van der Waals surface area contributed by atoms with E-state index in [2.05, 4.69) is 43.5 Å². The van der Waals surface area contributed by atoms with E-state index >= 15 is 0 Å². The molecule has 0 aromatic carbocycles. The molecule has 6 N–H and O–H groups in total. The fraction of sp³-hybridized carbons (Fsp3) is 0.865. The van der Waals surface area contributed by atoms with Crippen molar-refractivity contribution in [2.75, 3.05) is 13.2 Å². The van der Waals surface area contributed by atoms with Crippen LogP contribution in [-0.2, 0) is 14.3 Å². The highest BCUT2D eigenvalue weighted by molar-refractivity contribution is 5.76. The van der Waals surface area contributed by atoms with E-state index in [0.717, 1.165) is 44.9 Å². The Kier molecular flexibility index (Phi) is 39.9. The topological polar surface area (TPSA) is 149 Å². The number of hydrogen-bond acceptors (Lipinski definition) is 8. The third kappa shape index (κ3) is 32.7. The molecule has 0 aliphatic carbocycles. The largest absolute Gasteiger partial charge is 0.394 e. The standard InChI is InChI=1S/C52H97NO8/c1-3-5-7-9-11-13-15-17-19-21-23-25-27-29-31-33-35-37-39-41-46(55)45(44-60-52-51(59)50(58)49(57)47(43-54)61-52)53-48(56)42-40-38-36-34-32-30-28-26-24-22-20-18-16-14-12-10-8-6-4-2/h12,14,18,20,39,41,45-47,49-52,54-55,57-59H,3-11,13,15-17,19,21-38,40,42-44H2,1-2H3,(H,53,56)/b14-12-,20-18-,41-39+. The number of carbonyl (C=O) groups is 1. The van der Waals surface area contributed by atoms with Crippen LogP contribution in [0.3, 0.4) is 0 Å². The monoisotopic (exact) mass is 864 g/mol. The smallest absolute Gasteiger partial charge is 0.220 e. The van der Waals surface area contributed by atoms with Crippen LogP contribution in [0.1, 0.15) is 232 Å². The zero-order valence-corrected chi connectivity index (χ0v) is 39.4. The minimum absolute atomic E-state index is 0.180. The van der Waals surface area contributed by atoms with E-state index < -0.39 is 49.5 Å². The first-order valence-corrected chi connectivity index (χ1v) is 25.7. The summed E-state index contributed by atoms with van der Waals surface area (Å²) >= 11 is 0. The van der Waals surface area contributed by atoms with Crippen molar-refractivity contribution in [2.24, 2.45) is 0 Å². The van der Waals surface area contributed by atoms with Gasteiger partial charge in [0, 0.05) is 6.42 Å². The number of nitrogens with one attached hydrogen (secondary N) is 1. The van der Waals surface area contributed by atoms with E-state index in [1.165, 1.54) is 167 Å². The van der Waals surface area contributed by atoms with Crippen LogP contribution in [0.5, 0.6) is 0 Å². The highest BCUT2D eigenvalue weighted by atomic mass is 16.7. The van der Waals surface area contributed by atoms with Crippen LogP contribution in [-0.4, -0.2) is 87.5 Å². The lowest BCUT2D eigenvalue weighted by atomic mass is 9.99. The van der Waals surface area contributed by atoms with Crippen molar-refractivity contribution < 1.29 is 39.8 Å². The maximum Gasteiger partial charge on any atom is 0.220 e. The van der Waals surface area contributed by atoms with Crippen molar-refractivity contribution in [3.05, 3.63) is 36.5 Å². The molecule has 0 bridgehead atoms. The molecule has 1 fully saturated rings. The van der Waals surface area contributed by atoms with E-state index in [1.807, 2.05) is 6.08 Å². The lowest BCUT2D eigenvalue weighted by Crippen LogP contribution is -2.60. The van der Waals surface area contributed by atoms with Gasteiger partial charge in [-0.25, -0.2) is 0 Å². The van der Waals surface area contributed by atoms with Crippen LogP contribution in [0.2, 0.25) is 0 Å². The van der Waals surface area contributed by atoms with Crippen LogP contribution in [0, 0.1) is 0 Å². The van der Waals surface area contributed by atoms with Gasteiger partial charge in [0.2, 0.25) is 5.91 Å². The summed E-state index contributed by atoms with van der Waals surface area (Å²) in [6, 6.07) is -0.806. The van der Waals surface area contributed by atoms with Gasteiger partial charge in [0.05, 0.1) is 25.4 Å². The number of rotatable bonds is 43. The maximum atomic E-state index is 13.0. The van der Waals surface area contributed by atoms with E-state index in [9.17, 15) is 30.3 Å². The fourth-order valence-electron chi connectivity index (χ4n) is 8.07. The summed E-state index contributed by atoms with van der Waals surface area (Å²) in [5.41, 5.74) is 0. The number of hydrogen-bond donors (Lipinski definition) is 6. The lowest BCUT2D eigenvalue weighted by Gasteiger charge is -2.40.